The van der Waals surface area contributed by atoms with Gasteiger partial charge in [0.2, 0.25) is 5.29 Å². The lowest BCUT2D eigenvalue weighted by Crippen LogP contribution is -2.64. The van der Waals surface area contributed by atoms with E-state index in [1.807, 2.05) is 0 Å². The highest BCUT2D eigenvalue weighted by Crippen LogP contribution is 2.28. The highest BCUT2D eigenvalue weighted by molar-refractivity contribution is 6.65. The molecule has 0 aromatic rings. The van der Waals surface area contributed by atoms with E-state index in [1.165, 1.54) is 0 Å². The average Bonchev–Trinajstić information content (AvgIpc) is 2.49. The molecule has 0 amide bonds. The third-order valence-electron chi connectivity index (χ3n) is 3.54. The van der Waals surface area contributed by atoms with Crippen LogP contribution in [0.1, 0.15) is 0 Å². The number of amidine groups is 1. The van der Waals surface area contributed by atoms with Crippen LogP contribution in [0.15, 0.2) is 9.98 Å². The minimum absolute atomic E-state index is 0.369. The van der Waals surface area contributed by atoms with Crippen molar-refractivity contribution < 1.29 is 9.47 Å². The Labute approximate surface area is 117 Å². The van der Waals surface area contributed by atoms with E-state index >= 15 is 0 Å². The predicted octanol–water partition coefficient (Wildman–Crippen LogP) is -0.512. The van der Waals surface area contributed by atoms with Crippen LogP contribution in [-0.4, -0.2) is 80.0 Å². The number of rotatable bonds is 2. The summed E-state index contributed by atoms with van der Waals surface area (Å²) in [6.07, 6.45) is 1.63. The van der Waals surface area contributed by atoms with E-state index in [0.29, 0.717) is 31.7 Å². The highest BCUT2D eigenvalue weighted by atomic mass is 35.5. The van der Waals surface area contributed by atoms with Crippen LogP contribution in [-0.2, 0) is 9.47 Å². The molecule has 0 unspecified atom stereocenters. The molecule has 0 radical (unpaired) electrons. The zero-order chi connectivity index (χ0) is 13.1. The summed E-state index contributed by atoms with van der Waals surface area (Å²) in [5, 5.41) is 3.19. The first-order valence-corrected chi connectivity index (χ1v) is 6.90. The third kappa shape index (κ3) is 2.61. The Bertz CT molecular complexity index is 359. The minimum Gasteiger partial charge on any atom is -0.379 e. The van der Waals surface area contributed by atoms with Gasteiger partial charge in [0.25, 0.3) is 5.91 Å². The van der Waals surface area contributed by atoms with Crippen molar-refractivity contribution in [3.8, 4) is 0 Å². The quantitative estimate of drug-likeness (QED) is 0.693. The maximum Gasteiger partial charge on any atom is 0.274 e. The molecule has 0 aliphatic carbocycles. The summed E-state index contributed by atoms with van der Waals surface area (Å²) in [4.78, 5) is 13.6. The first-order chi connectivity index (χ1) is 9.31. The van der Waals surface area contributed by atoms with Crippen LogP contribution in [0.3, 0.4) is 0 Å². The van der Waals surface area contributed by atoms with Gasteiger partial charge in [0.1, 0.15) is 0 Å². The highest BCUT2D eigenvalue weighted by Gasteiger charge is 2.44. The molecule has 0 saturated carbocycles. The van der Waals surface area contributed by atoms with E-state index in [1.54, 1.807) is 6.34 Å². The number of ether oxygens (including phenoxy) is 2. The summed E-state index contributed by atoms with van der Waals surface area (Å²) in [6, 6.07) is 0. The molecule has 8 heteroatoms. The van der Waals surface area contributed by atoms with E-state index in [0.717, 1.165) is 26.2 Å². The van der Waals surface area contributed by atoms with Crippen LogP contribution in [0.25, 0.3) is 0 Å². The Morgan fingerprint density at radius 1 is 1.05 bits per heavy atom. The molecule has 106 valence electrons. The van der Waals surface area contributed by atoms with E-state index in [4.69, 9.17) is 21.1 Å². The van der Waals surface area contributed by atoms with Crippen molar-refractivity contribution in [1.29, 1.82) is 0 Å². The Morgan fingerprint density at radius 3 is 2.05 bits per heavy atom. The van der Waals surface area contributed by atoms with Crippen molar-refractivity contribution in [3.05, 3.63) is 0 Å². The van der Waals surface area contributed by atoms with Crippen LogP contribution >= 0.6 is 11.6 Å². The second kappa shape index (κ2) is 5.72. The zero-order valence-electron chi connectivity index (χ0n) is 10.7. The molecule has 0 aromatic carbocycles. The summed E-state index contributed by atoms with van der Waals surface area (Å²) >= 11 is 6.07. The lowest BCUT2D eigenvalue weighted by atomic mass is 10.3. The Morgan fingerprint density at radius 2 is 1.58 bits per heavy atom. The lowest BCUT2D eigenvalue weighted by Gasteiger charge is -2.48. The first kappa shape index (κ1) is 13.3. The van der Waals surface area contributed by atoms with Crippen molar-refractivity contribution in [2.24, 2.45) is 9.98 Å². The summed E-state index contributed by atoms with van der Waals surface area (Å²) in [6.45, 7) is 5.96. The second-order valence-corrected chi connectivity index (χ2v) is 4.96. The van der Waals surface area contributed by atoms with Gasteiger partial charge in [-0.05, 0) is 11.6 Å². The van der Waals surface area contributed by atoms with Gasteiger partial charge in [-0.25, -0.2) is 14.8 Å². The smallest absolute Gasteiger partial charge is 0.274 e. The number of morpholine rings is 2. The van der Waals surface area contributed by atoms with Crippen LogP contribution in [0.5, 0.6) is 0 Å². The fourth-order valence-corrected chi connectivity index (χ4v) is 2.76. The maximum atomic E-state index is 6.07. The molecular weight excluding hydrogens is 270 g/mol. The van der Waals surface area contributed by atoms with Crippen LogP contribution < -0.4 is 5.32 Å². The van der Waals surface area contributed by atoms with Crippen molar-refractivity contribution in [3.63, 3.8) is 0 Å². The molecular formula is C11H18ClN5O2. The number of hydrogen-bond acceptors (Lipinski definition) is 7. The van der Waals surface area contributed by atoms with Crippen LogP contribution in [0, 0.1) is 0 Å². The summed E-state index contributed by atoms with van der Waals surface area (Å²) in [5.74, 6) is -0.740. The van der Waals surface area contributed by atoms with Gasteiger partial charge in [-0.1, -0.05) is 0 Å². The first-order valence-electron chi connectivity index (χ1n) is 6.52. The van der Waals surface area contributed by atoms with Gasteiger partial charge in [0.15, 0.2) is 0 Å². The normalized spacial score (nSPS) is 28.8. The summed E-state index contributed by atoms with van der Waals surface area (Å²) < 4.78 is 10.8. The molecule has 7 nitrogen and oxygen atoms in total. The lowest BCUT2D eigenvalue weighted by molar-refractivity contribution is -0.120. The topological polar surface area (TPSA) is 61.7 Å². The predicted molar refractivity (Wildman–Crippen MR) is 72.4 cm³/mol. The number of halogens is 1. The molecule has 2 fully saturated rings. The summed E-state index contributed by atoms with van der Waals surface area (Å²) in [5.41, 5.74) is 0. The molecule has 0 atom stereocenters. The van der Waals surface area contributed by atoms with E-state index in [-0.39, 0.29) is 0 Å². The Balaban J connectivity index is 1.89. The molecule has 19 heavy (non-hydrogen) atoms. The monoisotopic (exact) mass is 287 g/mol. The van der Waals surface area contributed by atoms with Crippen molar-refractivity contribution in [1.82, 2.24) is 15.1 Å². The second-order valence-electron chi connectivity index (χ2n) is 4.60. The molecule has 0 spiro atoms. The molecule has 3 aliphatic rings. The largest absolute Gasteiger partial charge is 0.379 e. The van der Waals surface area contributed by atoms with E-state index < -0.39 is 5.91 Å². The molecule has 2 saturated heterocycles. The minimum atomic E-state index is -0.740. The zero-order valence-corrected chi connectivity index (χ0v) is 11.5. The standard InChI is InChI=1S/C11H18ClN5O2/c12-10-13-9-14-11(15-10,16-1-5-18-6-2-16)17-3-7-19-8-4-17/h9H,1-8H2,(H,13,14,15). The Kier molecular flexibility index (Phi) is 3.99. The average molecular weight is 288 g/mol. The maximum absolute atomic E-state index is 6.07. The van der Waals surface area contributed by atoms with E-state index in [2.05, 4.69) is 25.1 Å². The van der Waals surface area contributed by atoms with Gasteiger partial charge in [-0.3, -0.25) is 0 Å². The number of aliphatic imine (C=N–C) groups is 2. The number of nitrogens with one attached hydrogen (secondary N) is 1. The molecule has 0 aromatic heterocycles. The summed E-state index contributed by atoms with van der Waals surface area (Å²) in [7, 11) is 0. The van der Waals surface area contributed by atoms with Crippen LogP contribution in [0.2, 0.25) is 0 Å². The fourth-order valence-electron chi connectivity index (χ4n) is 2.60. The van der Waals surface area contributed by atoms with Gasteiger partial charge in [-0.2, -0.15) is 4.99 Å². The molecule has 1 N–H and O–H groups in total. The van der Waals surface area contributed by atoms with Gasteiger partial charge in [0.05, 0.1) is 32.8 Å². The third-order valence-corrected chi connectivity index (χ3v) is 3.73. The molecule has 3 aliphatic heterocycles. The SMILES string of the molecule is ClC1=NC(N2CCOCC2)(N2CCOCC2)N=CN1. The van der Waals surface area contributed by atoms with Gasteiger partial charge < -0.3 is 14.8 Å². The van der Waals surface area contributed by atoms with Crippen molar-refractivity contribution in [2.75, 3.05) is 52.6 Å². The van der Waals surface area contributed by atoms with Crippen molar-refractivity contribution in [2.45, 2.75) is 5.91 Å². The Hall–Kier alpha value is -0.730. The molecule has 0 bridgehead atoms. The molecule has 3 heterocycles. The number of nitrogens with zero attached hydrogens (tertiary/aromatic N) is 4. The van der Waals surface area contributed by atoms with Crippen molar-refractivity contribution >= 4 is 23.2 Å². The van der Waals surface area contributed by atoms with Gasteiger partial charge >= 0.3 is 0 Å². The fraction of sp³-hybridized carbons (Fsp3) is 0.818. The van der Waals surface area contributed by atoms with Crippen LogP contribution in [0.4, 0.5) is 0 Å². The molecule has 3 rings (SSSR count). The van der Waals surface area contributed by atoms with Gasteiger partial charge in [-0.15, -0.1) is 0 Å². The number of hydrogen-bond donors (Lipinski definition) is 1. The van der Waals surface area contributed by atoms with Gasteiger partial charge in [0, 0.05) is 26.2 Å². The van der Waals surface area contributed by atoms with E-state index in [9.17, 15) is 0 Å².